The average Bonchev–Trinajstić information content (AvgIpc) is 3.54. The summed E-state index contributed by atoms with van der Waals surface area (Å²) in [5.74, 6) is 0. The first kappa shape index (κ1) is 21.0. The van der Waals surface area contributed by atoms with Gasteiger partial charge >= 0.3 is 0 Å². The molecule has 5 rings (SSSR count). The molecule has 6 heteroatoms. The number of para-hydroxylation sites is 1. The van der Waals surface area contributed by atoms with E-state index in [-0.39, 0.29) is 0 Å². The van der Waals surface area contributed by atoms with E-state index in [2.05, 4.69) is 107 Å². The summed E-state index contributed by atoms with van der Waals surface area (Å²) in [6.45, 7) is 4.41. The minimum atomic E-state index is 0.355. The van der Waals surface area contributed by atoms with Crippen LogP contribution in [0.1, 0.15) is 13.8 Å². The van der Waals surface area contributed by atoms with Gasteiger partial charge in [-0.05, 0) is 62.4 Å². The highest BCUT2D eigenvalue weighted by Gasteiger charge is 2.13. The van der Waals surface area contributed by atoms with E-state index in [1.807, 2.05) is 16.8 Å². The minimum absolute atomic E-state index is 0.355. The lowest BCUT2D eigenvalue weighted by molar-refractivity contribution is 0.789. The van der Waals surface area contributed by atoms with Crippen LogP contribution in [0.5, 0.6) is 0 Å². The third kappa shape index (κ3) is 4.66. The van der Waals surface area contributed by atoms with Gasteiger partial charge in [-0.25, -0.2) is 9.97 Å². The van der Waals surface area contributed by atoms with Crippen molar-refractivity contribution < 1.29 is 0 Å². The smallest absolute Gasteiger partial charge is 0.187 e. The zero-order valence-corrected chi connectivity index (χ0v) is 19.4. The SMILES string of the molecule is CC(C)N(c1ccccc1)c1ccc(Nc2nc(-c3ccc(-n4ccnc4)cc3)cs2)cc1. The van der Waals surface area contributed by atoms with Gasteiger partial charge in [0.1, 0.15) is 0 Å². The van der Waals surface area contributed by atoms with Crippen molar-refractivity contribution in [1.82, 2.24) is 14.5 Å². The van der Waals surface area contributed by atoms with E-state index >= 15 is 0 Å². The minimum Gasteiger partial charge on any atom is -0.339 e. The highest BCUT2D eigenvalue weighted by Crippen LogP contribution is 2.31. The molecule has 1 N–H and O–H groups in total. The van der Waals surface area contributed by atoms with Gasteiger partial charge in [-0.1, -0.05) is 30.3 Å². The first-order valence-corrected chi connectivity index (χ1v) is 11.8. The number of hydrogen-bond donors (Lipinski definition) is 1. The van der Waals surface area contributed by atoms with Gasteiger partial charge in [0.2, 0.25) is 0 Å². The molecule has 0 aliphatic carbocycles. The van der Waals surface area contributed by atoms with Gasteiger partial charge in [0.15, 0.2) is 5.13 Å². The Morgan fingerprint density at radius 3 is 2.27 bits per heavy atom. The van der Waals surface area contributed by atoms with Crippen molar-refractivity contribution in [2.45, 2.75) is 19.9 Å². The zero-order chi connectivity index (χ0) is 22.6. The highest BCUT2D eigenvalue weighted by atomic mass is 32.1. The molecular formula is C27H25N5S. The quantitative estimate of drug-likeness (QED) is 0.282. The molecule has 0 radical (unpaired) electrons. The molecule has 5 nitrogen and oxygen atoms in total. The predicted octanol–water partition coefficient (Wildman–Crippen LogP) is 7.29. The zero-order valence-electron chi connectivity index (χ0n) is 18.6. The number of hydrogen-bond acceptors (Lipinski definition) is 5. The first-order valence-electron chi connectivity index (χ1n) is 10.9. The summed E-state index contributed by atoms with van der Waals surface area (Å²) in [4.78, 5) is 11.2. The van der Waals surface area contributed by atoms with Crippen molar-refractivity contribution >= 4 is 33.5 Å². The fourth-order valence-electron chi connectivity index (χ4n) is 3.84. The van der Waals surface area contributed by atoms with Gasteiger partial charge in [0.25, 0.3) is 0 Å². The Morgan fingerprint density at radius 1 is 0.879 bits per heavy atom. The predicted molar refractivity (Wildman–Crippen MR) is 138 cm³/mol. The Bertz CT molecular complexity index is 1290. The number of aromatic nitrogens is 3. The monoisotopic (exact) mass is 451 g/mol. The van der Waals surface area contributed by atoms with Crippen LogP contribution in [-0.2, 0) is 0 Å². The summed E-state index contributed by atoms with van der Waals surface area (Å²) in [5, 5.41) is 6.40. The molecule has 0 aliphatic rings. The van der Waals surface area contributed by atoms with E-state index in [0.717, 1.165) is 27.8 Å². The van der Waals surface area contributed by atoms with Crippen molar-refractivity contribution in [3.63, 3.8) is 0 Å². The van der Waals surface area contributed by atoms with Crippen molar-refractivity contribution in [3.8, 4) is 16.9 Å². The molecule has 0 unspecified atom stereocenters. The van der Waals surface area contributed by atoms with Crippen molar-refractivity contribution in [2.24, 2.45) is 0 Å². The number of imidazole rings is 1. The summed E-state index contributed by atoms with van der Waals surface area (Å²) in [5.41, 5.74) is 6.51. The Hall–Kier alpha value is -3.90. The lowest BCUT2D eigenvalue weighted by Crippen LogP contribution is -2.25. The Morgan fingerprint density at radius 2 is 1.61 bits per heavy atom. The molecule has 3 aromatic carbocycles. The van der Waals surface area contributed by atoms with Crippen molar-refractivity contribution in [1.29, 1.82) is 0 Å². The topological polar surface area (TPSA) is 46.0 Å². The normalized spacial score (nSPS) is 11.0. The Labute approximate surface area is 198 Å². The number of anilines is 4. The molecule has 0 bridgehead atoms. The number of nitrogens with zero attached hydrogens (tertiary/aromatic N) is 4. The maximum atomic E-state index is 4.78. The molecule has 0 fully saturated rings. The summed E-state index contributed by atoms with van der Waals surface area (Å²) < 4.78 is 1.99. The molecule has 2 heterocycles. The first-order chi connectivity index (χ1) is 16.2. The third-order valence-corrected chi connectivity index (χ3v) is 6.18. The van der Waals surface area contributed by atoms with E-state index in [4.69, 9.17) is 4.98 Å². The highest BCUT2D eigenvalue weighted by molar-refractivity contribution is 7.14. The number of thiazole rings is 1. The summed E-state index contributed by atoms with van der Waals surface area (Å²) in [7, 11) is 0. The van der Waals surface area contributed by atoms with Gasteiger partial charge in [0.05, 0.1) is 12.0 Å². The maximum absolute atomic E-state index is 4.78. The largest absolute Gasteiger partial charge is 0.339 e. The van der Waals surface area contributed by atoms with E-state index < -0.39 is 0 Å². The van der Waals surface area contributed by atoms with Crippen LogP contribution in [0.4, 0.5) is 22.2 Å². The van der Waals surface area contributed by atoms with Crippen LogP contribution in [0.25, 0.3) is 16.9 Å². The molecule has 2 aromatic heterocycles. The third-order valence-electron chi connectivity index (χ3n) is 5.42. The second-order valence-electron chi connectivity index (χ2n) is 8.03. The van der Waals surface area contributed by atoms with Crippen LogP contribution in [0.2, 0.25) is 0 Å². The van der Waals surface area contributed by atoms with Gasteiger partial charge in [0, 0.05) is 52.1 Å². The van der Waals surface area contributed by atoms with Gasteiger partial charge in [-0.3, -0.25) is 0 Å². The van der Waals surface area contributed by atoms with Crippen LogP contribution in [-0.4, -0.2) is 20.6 Å². The van der Waals surface area contributed by atoms with Gasteiger partial charge < -0.3 is 14.8 Å². The summed E-state index contributed by atoms with van der Waals surface area (Å²) >= 11 is 1.61. The van der Waals surface area contributed by atoms with Crippen LogP contribution < -0.4 is 10.2 Å². The molecular weight excluding hydrogens is 426 g/mol. The Balaban J connectivity index is 1.29. The van der Waals surface area contributed by atoms with Gasteiger partial charge in [-0.2, -0.15) is 0 Å². The van der Waals surface area contributed by atoms with Crippen LogP contribution in [0.3, 0.4) is 0 Å². The molecule has 0 saturated carbocycles. The van der Waals surface area contributed by atoms with Crippen LogP contribution >= 0.6 is 11.3 Å². The fourth-order valence-corrected chi connectivity index (χ4v) is 4.58. The fraction of sp³-hybridized carbons (Fsp3) is 0.111. The second kappa shape index (κ2) is 9.30. The molecule has 164 valence electrons. The summed E-state index contributed by atoms with van der Waals surface area (Å²) in [6.07, 6.45) is 5.51. The van der Waals surface area contributed by atoms with E-state index in [1.54, 1.807) is 23.9 Å². The van der Waals surface area contributed by atoms with Crippen LogP contribution in [0, 0.1) is 0 Å². The Kier molecular flexibility index (Phi) is 5.91. The molecule has 0 saturated heterocycles. The van der Waals surface area contributed by atoms with Crippen molar-refractivity contribution in [3.05, 3.63) is 103 Å². The van der Waals surface area contributed by atoms with E-state index in [1.165, 1.54) is 11.4 Å². The molecule has 0 aliphatic heterocycles. The van der Waals surface area contributed by atoms with Gasteiger partial charge in [-0.15, -0.1) is 11.3 Å². The molecule has 33 heavy (non-hydrogen) atoms. The van der Waals surface area contributed by atoms with E-state index in [0.29, 0.717) is 6.04 Å². The standard InChI is InChI=1S/C27H25N5S/c1-20(2)32(24-6-4-3-5-7-24)25-14-10-22(11-15-25)29-27-30-26(18-33-27)21-8-12-23(13-9-21)31-17-16-28-19-31/h3-20H,1-2H3,(H,29,30). The molecule has 0 atom stereocenters. The summed E-state index contributed by atoms with van der Waals surface area (Å²) in [6, 6.07) is 27.7. The lowest BCUT2D eigenvalue weighted by Gasteiger charge is -2.29. The second-order valence-corrected chi connectivity index (χ2v) is 8.88. The number of benzene rings is 3. The molecule has 0 spiro atoms. The number of rotatable bonds is 7. The average molecular weight is 452 g/mol. The van der Waals surface area contributed by atoms with Crippen molar-refractivity contribution in [2.75, 3.05) is 10.2 Å². The number of nitrogens with one attached hydrogen (secondary N) is 1. The van der Waals surface area contributed by atoms with Crippen LogP contribution in [0.15, 0.2) is 103 Å². The van der Waals surface area contributed by atoms with E-state index in [9.17, 15) is 0 Å². The molecule has 0 amide bonds. The maximum Gasteiger partial charge on any atom is 0.187 e. The molecule has 5 aromatic rings. The lowest BCUT2D eigenvalue weighted by atomic mass is 10.1.